The summed E-state index contributed by atoms with van der Waals surface area (Å²) in [5, 5.41) is 37.7. The van der Waals surface area contributed by atoms with Crippen LogP contribution in [0.25, 0.3) is 0 Å². The van der Waals surface area contributed by atoms with Gasteiger partial charge in [0.1, 0.15) is 12.1 Å². The van der Waals surface area contributed by atoms with Crippen LogP contribution >= 0.6 is 0 Å². The number of hydrazine groups is 1. The van der Waals surface area contributed by atoms with Crippen molar-refractivity contribution in [2.75, 3.05) is 26.2 Å². The number of nitrogens with one attached hydrogen (secondary N) is 3. The minimum Gasteiger partial charge on any atom is -0.465 e. The quantitative estimate of drug-likeness (QED) is 0.133. The minimum atomic E-state index is -1.32. The van der Waals surface area contributed by atoms with Crippen molar-refractivity contribution in [3.05, 3.63) is 65.5 Å². The molecule has 14 nitrogen and oxygen atoms in total. The van der Waals surface area contributed by atoms with Gasteiger partial charge >= 0.3 is 12.1 Å². The minimum absolute atomic E-state index is 0.0588. The Bertz CT molecular complexity index is 1490. The largest absolute Gasteiger partial charge is 0.465 e. The van der Waals surface area contributed by atoms with Gasteiger partial charge in [-0.25, -0.2) is 14.6 Å². The number of carbonyl (C=O) groups is 4. The standard InChI is InChI=1S/C38H59N7O7/c1-25(2)17-18-44(42-33(48)31(37(3,4)5)41-35(50)51)23-30(47)29(21-26-13-10-9-11-14-26)40-34(49)32(38(6,7)8)45-20-19-43(36(45)52)22-27-15-12-16-28(24-46)39-27/h9-16,25,29-32,41,46-47H,17-24H2,1-8H3,(H,40,49)(H,42,48)(H,50,51)/t29-,30-,31+,32+/m0/s1. The van der Waals surface area contributed by atoms with Crippen LogP contribution in [0.4, 0.5) is 9.59 Å². The van der Waals surface area contributed by atoms with E-state index in [1.165, 1.54) is 0 Å². The van der Waals surface area contributed by atoms with Gasteiger partial charge in [0.25, 0.3) is 5.91 Å². The molecule has 1 aliphatic rings. The number of carboxylic acid groups (broad SMARTS) is 1. The van der Waals surface area contributed by atoms with Crippen molar-refractivity contribution in [2.24, 2.45) is 16.7 Å². The zero-order chi connectivity index (χ0) is 38.8. The molecule has 52 heavy (non-hydrogen) atoms. The number of benzene rings is 1. The topological polar surface area (TPSA) is 188 Å². The predicted octanol–water partition coefficient (Wildman–Crippen LogP) is 3.38. The number of urea groups is 1. The first kappa shape index (κ1) is 42.1. The number of amides is 5. The summed E-state index contributed by atoms with van der Waals surface area (Å²) in [4.78, 5) is 60.7. The predicted molar refractivity (Wildman–Crippen MR) is 198 cm³/mol. The van der Waals surface area contributed by atoms with Crippen molar-refractivity contribution < 1.29 is 34.5 Å². The Morgan fingerprint density at radius 3 is 2.13 bits per heavy atom. The zero-order valence-electron chi connectivity index (χ0n) is 31.9. The first-order valence-corrected chi connectivity index (χ1v) is 18.0. The Hall–Kier alpha value is -4.27. The van der Waals surface area contributed by atoms with E-state index >= 15 is 0 Å². The lowest BCUT2D eigenvalue weighted by Crippen LogP contribution is -2.61. The van der Waals surface area contributed by atoms with Crippen molar-refractivity contribution >= 4 is 23.9 Å². The number of rotatable bonds is 17. The van der Waals surface area contributed by atoms with Gasteiger partial charge in [-0.15, -0.1) is 0 Å². The molecule has 288 valence electrons. The van der Waals surface area contributed by atoms with Gasteiger partial charge in [0.05, 0.1) is 36.7 Å². The van der Waals surface area contributed by atoms with E-state index in [4.69, 9.17) is 0 Å². The zero-order valence-corrected chi connectivity index (χ0v) is 31.9. The number of aliphatic hydroxyl groups is 2. The fraction of sp³-hybridized carbons (Fsp3) is 0.605. The van der Waals surface area contributed by atoms with Gasteiger partial charge in [-0.1, -0.05) is 91.8 Å². The summed E-state index contributed by atoms with van der Waals surface area (Å²) in [6.07, 6.45) is -1.55. The van der Waals surface area contributed by atoms with Crippen LogP contribution in [-0.2, 0) is 29.2 Å². The van der Waals surface area contributed by atoms with Gasteiger partial charge in [0.2, 0.25) is 5.91 Å². The highest BCUT2D eigenvalue weighted by molar-refractivity contribution is 5.89. The Kier molecular flexibility index (Phi) is 15.0. The van der Waals surface area contributed by atoms with E-state index in [0.717, 1.165) is 5.56 Å². The summed E-state index contributed by atoms with van der Waals surface area (Å²) < 4.78 is 0. The van der Waals surface area contributed by atoms with E-state index < -0.39 is 53.0 Å². The summed E-state index contributed by atoms with van der Waals surface area (Å²) in [6, 6.07) is 11.6. The summed E-state index contributed by atoms with van der Waals surface area (Å²) in [6.45, 7) is 16.0. The smallest absolute Gasteiger partial charge is 0.405 e. The highest BCUT2D eigenvalue weighted by Gasteiger charge is 2.44. The van der Waals surface area contributed by atoms with E-state index in [0.29, 0.717) is 37.4 Å². The van der Waals surface area contributed by atoms with E-state index in [1.54, 1.807) is 53.8 Å². The van der Waals surface area contributed by atoms with Crippen molar-refractivity contribution in [3.63, 3.8) is 0 Å². The highest BCUT2D eigenvalue weighted by atomic mass is 16.4. The molecule has 3 rings (SSSR count). The van der Waals surface area contributed by atoms with E-state index in [9.17, 15) is 34.5 Å². The molecule has 1 saturated heterocycles. The third kappa shape index (κ3) is 12.4. The molecule has 1 aromatic heterocycles. The summed E-state index contributed by atoms with van der Waals surface area (Å²) >= 11 is 0. The van der Waals surface area contributed by atoms with Gasteiger partial charge in [-0.05, 0) is 47.3 Å². The van der Waals surface area contributed by atoms with Gasteiger partial charge in [0.15, 0.2) is 0 Å². The second-order valence-electron chi connectivity index (χ2n) is 16.2. The second-order valence-corrected chi connectivity index (χ2v) is 16.2. The lowest BCUT2D eigenvalue weighted by molar-refractivity contribution is -0.133. The molecule has 0 aliphatic carbocycles. The molecule has 2 aromatic rings. The molecular weight excluding hydrogens is 666 g/mol. The van der Waals surface area contributed by atoms with E-state index in [-0.39, 0.29) is 38.1 Å². The van der Waals surface area contributed by atoms with Crippen LogP contribution in [0.1, 0.15) is 78.8 Å². The Morgan fingerprint density at radius 2 is 1.56 bits per heavy atom. The Balaban J connectivity index is 1.87. The maximum atomic E-state index is 14.3. The van der Waals surface area contributed by atoms with Crippen molar-refractivity contribution in [1.82, 2.24) is 35.9 Å². The molecule has 5 amide bonds. The van der Waals surface area contributed by atoms with Crippen LogP contribution in [0.15, 0.2) is 48.5 Å². The first-order valence-electron chi connectivity index (χ1n) is 18.0. The molecule has 14 heteroatoms. The molecule has 1 fully saturated rings. The molecule has 0 spiro atoms. The van der Waals surface area contributed by atoms with Crippen molar-refractivity contribution in [3.8, 4) is 0 Å². The lowest BCUT2D eigenvalue weighted by atomic mass is 9.84. The number of aromatic nitrogens is 1. The summed E-state index contributed by atoms with van der Waals surface area (Å²) in [7, 11) is 0. The molecule has 1 aliphatic heterocycles. The third-order valence-corrected chi connectivity index (χ3v) is 9.03. The molecular formula is C38H59N7O7. The monoisotopic (exact) mass is 725 g/mol. The normalized spacial score (nSPS) is 16.1. The fourth-order valence-electron chi connectivity index (χ4n) is 6.28. The van der Waals surface area contributed by atoms with Gasteiger partial charge in [-0.2, -0.15) is 0 Å². The number of pyridine rings is 1. The van der Waals surface area contributed by atoms with Crippen molar-refractivity contribution in [2.45, 2.75) is 106 Å². The maximum absolute atomic E-state index is 14.3. The molecule has 1 aromatic carbocycles. The molecule has 0 saturated carbocycles. The lowest BCUT2D eigenvalue weighted by Gasteiger charge is -2.38. The number of hydrogen-bond acceptors (Lipinski definition) is 8. The molecule has 0 unspecified atom stereocenters. The van der Waals surface area contributed by atoms with Gasteiger partial charge < -0.3 is 35.8 Å². The maximum Gasteiger partial charge on any atom is 0.405 e. The molecule has 0 bridgehead atoms. The molecule has 4 atom stereocenters. The van der Waals surface area contributed by atoms with Crippen LogP contribution in [-0.4, -0.2) is 109 Å². The van der Waals surface area contributed by atoms with Crippen LogP contribution in [0.5, 0.6) is 0 Å². The highest BCUT2D eigenvalue weighted by Crippen LogP contribution is 2.29. The second kappa shape index (κ2) is 18.5. The van der Waals surface area contributed by atoms with Gasteiger partial charge in [-0.3, -0.25) is 20.0 Å². The first-order chi connectivity index (χ1) is 24.3. The fourth-order valence-corrected chi connectivity index (χ4v) is 6.28. The molecule has 6 N–H and O–H groups in total. The SMILES string of the molecule is CC(C)CCN(C[C@H](O)[C@H](Cc1ccccc1)NC(=O)[C@@H](N1CCN(Cc2cccc(CO)n2)C1=O)C(C)(C)C)NC(=O)[C@@H](NC(=O)O)C(C)(C)C. The Labute approximate surface area is 307 Å². The summed E-state index contributed by atoms with van der Waals surface area (Å²) in [5.74, 6) is -0.705. The average molecular weight is 726 g/mol. The van der Waals surface area contributed by atoms with E-state index in [1.807, 2.05) is 65.0 Å². The van der Waals surface area contributed by atoms with Crippen molar-refractivity contribution in [1.29, 1.82) is 0 Å². The third-order valence-electron chi connectivity index (χ3n) is 9.03. The van der Waals surface area contributed by atoms with Crippen LogP contribution in [0.3, 0.4) is 0 Å². The van der Waals surface area contributed by atoms with Crippen LogP contribution in [0, 0.1) is 16.7 Å². The molecule has 2 heterocycles. The number of carbonyl (C=O) groups excluding carboxylic acids is 3. The van der Waals surface area contributed by atoms with E-state index in [2.05, 4.69) is 21.0 Å². The van der Waals surface area contributed by atoms with Crippen LogP contribution < -0.4 is 16.1 Å². The summed E-state index contributed by atoms with van der Waals surface area (Å²) in [5.41, 5.74) is 3.43. The number of hydrogen-bond donors (Lipinski definition) is 6. The van der Waals surface area contributed by atoms with Crippen LogP contribution in [0.2, 0.25) is 0 Å². The molecule has 0 radical (unpaired) electrons. The van der Waals surface area contributed by atoms with Gasteiger partial charge in [0, 0.05) is 26.2 Å². The Morgan fingerprint density at radius 1 is 0.904 bits per heavy atom. The number of nitrogens with zero attached hydrogens (tertiary/aromatic N) is 4. The number of aliphatic hydroxyl groups excluding tert-OH is 2. The average Bonchev–Trinajstić information content (AvgIpc) is 3.39.